The minimum atomic E-state index is -0.377. The molecule has 2 unspecified atom stereocenters. The van der Waals surface area contributed by atoms with Crippen LogP contribution in [0.5, 0.6) is 0 Å². The highest BCUT2D eigenvalue weighted by Crippen LogP contribution is 2.62. The summed E-state index contributed by atoms with van der Waals surface area (Å²) >= 11 is 0. The number of aliphatic hydroxyl groups excluding tert-OH is 2. The lowest BCUT2D eigenvalue weighted by Gasteiger charge is -2.55. The Bertz CT molecular complexity index is 518. The molecule has 26 heavy (non-hydrogen) atoms. The number of allylic oxidation sites excluding steroid dienone is 1. The fraction of sp³-hybridized carbons (Fsp3) is 0.913. The van der Waals surface area contributed by atoms with Gasteiger partial charge in [0.2, 0.25) is 0 Å². The normalized spacial score (nSPS) is 46.6. The monoisotopic (exact) mass is 363 g/mol. The highest BCUT2D eigenvalue weighted by atomic mass is 16.3. The van der Waals surface area contributed by atoms with Crippen molar-refractivity contribution in [3.63, 3.8) is 0 Å². The molecule has 3 fully saturated rings. The Labute approximate surface area is 160 Å². The van der Waals surface area contributed by atoms with Crippen LogP contribution in [0.2, 0.25) is 0 Å². The van der Waals surface area contributed by atoms with Crippen molar-refractivity contribution in [3.05, 3.63) is 12.2 Å². The van der Waals surface area contributed by atoms with E-state index in [9.17, 15) is 10.2 Å². The van der Waals surface area contributed by atoms with E-state index in [1.807, 2.05) is 0 Å². The molecule has 0 aliphatic heterocycles. The molecule has 7 atom stereocenters. The summed E-state index contributed by atoms with van der Waals surface area (Å²) in [6.07, 6.45) is 6.47. The molecule has 3 aliphatic carbocycles. The summed E-state index contributed by atoms with van der Waals surface area (Å²) in [5, 5.41) is 24.7. The van der Waals surface area contributed by atoms with E-state index in [1.165, 1.54) is 31.3 Å². The number of rotatable bonds is 5. The van der Waals surface area contributed by atoms with E-state index >= 15 is 0 Å². The summed E-state index contributed by atoms with van der Waals surface area (Å²) in [6.45, 7) is 15.8. The molecule has 3 saturated carbocycles. The lowest BCUT2D eigenvalue weighted by Crippen LogP contribution is -2.54. The molecule has 0 aromatic carbocycles. The summed E-state index contributed by atoms with van der Waals surface area (Å²) in [5.74, 6) is 2.48. The summed E-state index contributed by atoms with van der Waals surface area (Å²) in [5.41, 5.74) is 1.68. The molecule has 0 heterocycles. The average molecular weight is 364 g/mol. The van der Waals surface area contributed by atoms with Gasteiger partial charge in [-0.15, -0.1) is 0 Å². The van der Waals surface area contributed by atoms with Gasteiger partial charge in [-0.3, -0.25) is 0 Å². The van der Waals surface area contributed by atoms with Crippen molar-refractivity contribution in [1.82, 2.24) is 5.32 Å². The van der Waals surface area contributed by atoms with E-state index in [2.05, 4.69) is 39.6 Å². The first kappa shape index (κ1) is 20.4. The first-order valence-electron chi connectivity index (χ1n) is 10.9. The van der Waals surface area contributed by atoms with E-state index < -0.39 is 0 Å². The van der Waals surface area contributed by atoms with Gasteiger partial charge in [0.05, 0.1) is 12.2 Å². The Balaban J connectivity index is 1.84. The van der Waals surface area contributed by atoms with Crippen LogP contribution in [0.3, 0.4) is 0 Å². The fourth-order valence-electron chi connectivity index (χ4n) is 6.56. The number of aliphatic hydroxyl groups is 2. The number of hydrogen-bond acceptors (Lipinski definition) is 3. The summed E-state index contributed by atoms with van der Waals surface area (Å²) < 4.78 is 0. The van der Waals surface area contributed by atoms with Crippen LogP contribution in [0.25, 0.3) is 0 Å². The molecule has 0 aromatic heterocycles. The maximum atomic E-state index is 10.9. The third-order valence-electron chi connectivity index (χ3n) is 8.44. The molecular formula is C23H41NO2. The molecule has 0 bridgehead atoms. The lowest BCUT2D eigenvalue weighted by molar-refractivity contribution is -0.118. The predicted molar refractivity (Wildman–Crippen MR) is 108 cm³/mol. The predicted octanol–water partition coefficient (Wildman–Crippen LogP) is 4.14. The third-order valence-corrected chi connectivity index (χ3v) is 8.44. The Hall–Kier alpha value is -0.380. The van der Waals surface area contributed by atoms with Crippen LogP contribution < -0.4 is 5.32 Å². The second-order valence-electron chi connectivity index (χ2n) is 10.5. The van der Waals surface area contributed by atoms with Crippen molar-refractivity contribution in [2.45, 2.75) is 84.8 Å². The van der Waals surface area contributed by atoms with Crippen molar-refractivity contribution in [2.75, 3.05) is 13.1 Å². The molecule has 150 valence electrons. The second-order valence-corrected chi connectivity index (χ2v) is 10.5. The van der Waals surface area contributed by atoms with Gasteiger partial charge in [0, 0.05) is 0 Å². The molecule has 0 saturated heterocycles. The minimum absolute atomic E-state index is 0.0609. The smallest absolute Gasteiger partial charge is 0.0621 e. The van der Waals surface area contributed by atoms with E-state index in [1.54, 1.807) is 0 Å². The number of hydrogen-bond donors (Lipinski definition) is 3. The standard InChI is InChI=1S/C23H41NO2/c1-15(2)13-24-14-18-19-7-6-16(3)22(19,4)11-9-20(18)23(5)10-8-17(25)12-21(23)26/h15,17-21,24-26H,3,6-14H2,1-2,4-5H3/t17-,18-,19?,20?,21-,22+,23+/m0/s1. The van der Waals surface area contributed by atoms with Gasteiger partial charge in [-0.1, -0.05) is 39.8 Å². The Morgan fingerprint density at radius 3 is 2.50 bits per heavy atom. The molecule has 0 spiro atoms. The average Bonchev–Trinajstić information content (AvgIpc) is 2.87. The van der Waals surface area contributed by atoms with Gasteiger partial charge < -0.3 is 15.5 Å². The van der Waals surface area contributed by atoms with Crippen LogP contribution in [0.4, 0.5) is 0 Å². The van der Waals surface area contributed by atoms with Crippen molar-refractivity contribution < 1.29 is 10.2 Å². The first-order chi connectivity index (χ1) is 12.2. The van der Waals surface area contributed by atoms with E-state index in [0.717, 1.165) is 25.9 Å². The van der Waals surface area contributed by atoms with Gasteiger partial charge in [-0.25, -0.2) is 0 Å². The van der Waals surface area contributed by atoms with Gasteiger partial charge >= 0.3 is 0 Å². The summed E-state index contributed by atoms with van der Waals surface area (Å²) in [6, 6.07) is 0. The SMILES string of the molecule is C=C1CCC2[C@H](CNCC(C)C)C([C@@]3(C)CC[C@H](O)C[C@@H]3O)CC[C@]12C. The molecule has 0 aromatic rings. The van der Waals surface area contributed by atoms with Crippen molar-refractivity contribution in [1.29, 1.82) is 0 Å². The van der Waals surface area contributed by atoms with Crippen molar-refractivity contribution in [2.24, 2.45) is 34.5 Å². The van der Waals surface area contributed by atoms with E-state index in [-0.39, 0.29) is 23.0 Å². The molecule has 3 aliphatic rings. The maximum absolute atomic E-state index is 10.9. The highest BCUT2D eigenvalue weighted by molar-refractivity contribution is 5.21. The molecule has 0 radical (unpaired) electrons. The quantitative estimate of drug-likeness (QED) is 0.643. The van der Waals surface area contributed by atoms with Crippen LogP contribution in [0, 0.1) is 34.5 Å². The van der Waals surface area contributed by atoms with Gasteiger partial charge in [-0.05, 0) is 92.5 Å². The summed E-state index contributed by atoms with van der Waals surface area (Å²) in [4.78, 5) is 0. The first-order valence-corrected chi connectivity index (χ1v) is 10.9. The molecule has 0 amide bonds. The van der Waals surface area contributed by atoms with Crippen LogP contribution in [-0.2, 0) is 0 Å². The van der Waals surface area contributed by atoms with Crippen LogP contribution in [0.1, 0.15) is 72.6 Å². The van der Waals surface area contributed by atoms with Crippen LogP contribution in [0.15, 0.2) is 12.2 Å². The van der Waals surface area contributed by atoms with Crippen molar-refractivity contribution in [3.8, 4) is 0 Å². The van der Waals surface area contributed by atoms with Gasteiger partial charge in [0.25, 0.3) is 0 Å². The Morgan fingerprint density at radius 2 is 1.85 bits per heavy atom. The highest BCUT2D eigenvalue weighted by Gasteiger charge is 2.56. The number of fused-ring (bicyclic) bond motifs is 1. The zero-order chi connectivity index (χ0) is 19.1. The second kappa shape index (κ2) is 7.56. The van der Waals surface area contributed by atoms with Gasteiger partial charge in [0.15, 0.2) is 0 Å². The minimum Gasteiger partial charge on any atom is -0.393 e. The lowest BCUT2D eigenvalue weighted by atomic mass is 9.51. The third kappa shape index (κ3) is 3.52. The molecule has 3 nitrogen and oxygen atoms in total. The zero-order valence-corrected chi connectivity index (χ0v) is 17.4. The Kier molecular flexibility index (Phi) is 5.92. The van der Waals surface area contributed by atoms with Crippen LogP contribution in [-0.4, -0.2) is 35.5 Å². The molecular weight excluding hydrogens is 322 g/mol. The zero-order valence-electron chi connectivity index (χ0n) is 17.4. The van der Waals surface area contributed by atoms with E-state index in [0.29, 0.717) is 30.1 Å². The number of nitrogens with one attached hydrogen (secondary N) is 1. The van der Waals surface area contributed by atoms with Gasteiger partial charge in [-0.2, -0.15) is 0 Å². The molecule has 3 rings (SSSR count). The largest absolute Gasteiger partial charge is 0.393 e. The Morgan fingerprint density at radius 1 is 1.12 bits per heavy atom. The van der Waals surface area contributed by atoms with Crippen molar-refractivity contribution >= 4 is 0 Å². The topological polar surface area (TPSA) is 52.5 Å². The summed E-state index contributed by atoms with van der Waals surface area (Å²) in [7, 11) is 0. The fourth-order valence-corrected chi connectivity index (χ4v) is 6.56. The van der Waals surface area contributed by atoms with Gasteiger partial charge in [0.1, 0.15) is 0 Å². The maximum Gasteiger partial charge on any atom is 0.0621 e. The molecule has 3 N–H and O–H groups in total. The van der Waals surface area contributed by atoms with Crippen LogP contribution >= 0.6 is 0 Å². The van der Waals surface area contributed by atoms with E-state index in [4.69, 9.17) is 0 Å². The molecule has 3 heteroatoms.